The minimum absolute atomic E-state index is 0.203. The van der Waals surface area contributed by atoms with Crippen LogP contribution in [0.25, 0.3) is 11.1 Å². The maximum Gasteiger partial charge on any atom is 0.221 e. The van der Waals surface area contributed by atoms with Crippen molar-refractivity contribution in [3.8, 4) is 11.1 Å². The number of hydrogen-bond donors (Lipinski definition) is 2. The molecule has 1 aliphatic rings. The lowest BCUT2D eigenvalue weighted by molar-refractivity contribution is 0.830. The highest BCUT2D eigenvalue weighted by Gasteiger charge is 2.20. The van der Waals surface area contributed by atoms with Crippen molar-refractivity contribution in [1.82, 2.24) is 9.97 Å². The normalized spacial score (nSPS) is 13.1. The summed E-state index contributed by atoms with van der Waals surface area (Å²) in [6, 6.07) is 14.5. The fourth-order valence-electron chi connectivity index (χ4n) is 3.24. The van der Waals surface area contributed by atoms with Gasteiger partial charge in [-0.1, -0.05) is 29.8 Å². The van der Waals surface area contributed by atoms with E-state index < -0.39 is 0 Å². The van der Waals surface area contributed by atoms with Crippen LogP contribution in [-0.2, 0) is 13.0 Å². The summed E-state index contributed by atoms with van der Waals surface area (Å²) in [5.41, 5.74) is 17.3. The van der Waals surface area contributed by atoms with E-state index in [0.717, 1.165) is 29.1 Å². The molecule has 126 valence electrons. The van der Waals surface area contributed by atoms with Crippen LogP contribution in [0.2, 0.25) is 5.02 Å². The quantitative estimate of drug-likeness (QED) is 0.754. The average Bonchev–Trinajstić information content (AvgIpc) is 2.99. The maximum absolute atomic E-state index is 6.11. The van der Waals surface area contributed by atoms with Gasteiger partial charge >= 0.3 is 0 Å². The van der Waals surface area contributed by atoms with Gasteiger partial charge in [0.2, 0.25) is 5.95 Å². The summed E-state index contributed by atoms with van der Waals surface area (Å²) in [5, 5.41) is 0.749. The number of hydrogen-bond acceptors (Lipinski definition) is 5. The Morgan fingerprint density at radius 1 is 1.08 bits per heavy atom. The second-order valence-electron chi connectivity index (χ2n) is 6.16. The molecule has 0 amide bonds. The van der Waals surface area contributed by atoms with E-state index in [-0.39, 0.29) is 5.95 Å². The molecule has 0 fully saturated rings. The van der Waals surface area contributed by atoms with Crippen molar-refractivity contribution in [3.05, 3.63) is 64.8 Å². The van der Waals surface area contributed by atoms with E-state index in [0.29, 0.717) is 12.4 Å². The molecular weight excluding hydrogens is 334 g/mol. The lowest BCUT2D eigenvalue weighted by atomic mass is 10.0. The van der Waals surface area contributed by atoms with Crippen molar-refractivity contribution in [2.75, 3.05) is 22.9 Å². The Hall–Kier alpha value is -2.79. The number of nitrogens with zero attached hydrogens (tertiary/aromatic N) is 3. The molecule has 6 heteroatoms. The molecule has 0 spiro atoms. The van der Waals surface area contributed by atoms with Crippen molar-refractivity contribution in [3.63, 3.8) is 0 Å². The fourth-order valence-corrected chi connectivity index (χ4v) is 3.43. The predicted octanol–water partition coefficient (Wildman–Crippen LogP) is 3.52. The van der Waals surface area contributed by atoms with E-state index in [2.05, 4.69) is 39.1 Å². The monoisotopic (exact) mass is 351 g/mol. The number of benzene rings is 2. The van der Waals surface area contributed by atoms with Gasteiger partial charge in [0.1, 0.15) is 5.82 Å². The summed E-state index contributed by atoms with van der Waals surface area (Å²) in [6.07, 6.45) is 2.70. The summed E-state index contributed by atoms with van der Waals surface area (Å²) in [4.78, 5) is 10.4. The number of rotatable bonds is 3. The molecule has 25 heavy (non-hydrogen) atoms. The molecule has 2 aromatic carbocycles. The fraction of sp³-hybridized carbons (Fsp3) is 0.158. The molecule has 0 saturated carbocycles. The largest absolute Gasteiger partial charge is 0.383 e. The lowest BCUT2D eigenvalue weighted by Gasteiger charge is -2.20. The van der Waals surface area contributed by atoms with Crippen LogP contribution in [0.4, 0.5) is 17.5 Å². The number of aromatic nitrogens is 2. The third kappa shape index (κ3) is 3.10. The van der Waals surface area contributed by atoms with Crippen LogP contribution in [0.3, 0.4) is 0 Å². The van der Waals surface area contributed by atoms with Crippen molar-refractivity contribution < 1.29 is 0 Å². The number of nitrogens with two attached hydrogens (primary N) is 2. The van der Waals surface area contributed by atoms with Crippen molar-refractivity contribution in [1.29, 1.82) is 0 Å². The molecular formula is C19H18ClN5. The van der Waals surface area contributed by atoms with Crippen LogP contribution < -0.4 is 16.4 Å². The molecule has 0 aliphatic carbocycles. The van der Waals surface area contributed by atoms with Gasteiger partial charge in [-0.25, -0.2) is 4.98 Å². The standard InChI is InChI=1S/C19H18ClN5/c20-16-3-1-2-12(9-16)13-4-5-17-14(8-13)6-7-25(17)11-15-10-23-19(22)24-18(15)21/h1-5,8-10H,6-7,11H2,(H4,21,22,23,24). The minimum atomic E-state index is 0.203. The van der Waals surface area contributed by atoms with E-state index in [1.807, 2.05) is 18.2 Å². The molecule has 4 N–H and O–H groups in total. The summed E-state index contributed by atoms with van der Waals surface area (Å²) in [6.45, 7) is 1.62. The molecule has 0 radical (unpaired) electrons. The van der Waals surface area contributed by atoms with Gasteiger partial charge in [-0.15, -0.1) is 0 Å². The highest BCUT2D eigenvalue weighted by molar-refractivity contribution is 6.30. The van der Waals surface area contributed by atoms with Gasteiger partial charge in [0, 0.05) is 35.6 Å². The van der Waals surface area contributed by atoms with Gasteiger partial charge in [-0.2, -0.15) is 4.98 Å². The molecule has 5 nitrogen and oxygen atoms in total. The molecule has 0 saturated heterocycles. The third-order valence-electron chi connectivity index (χ3n) is 4.51. The van der Waals surface area contributed by atoms with Crippen molar-refractivity contribution in [2.24, 2.45) is 0 Å². The summed E-state index contributed by atoms with van der Waals surface area (Å²) < 4.78 is 0. The zero-order valence-corrected chi connectivity index (χ0v) is 14.4. The molecule has 2 heterocycles. The SMILES string of the molecule is Nc1ncc(CN2CCc3cc(-c4cccc(Cl)c4)ccc32)c(N)n1. The Kier molecular flexibility index (Phi) is 3.93. The molecule has 0 unspecified atom stereocenters. The smallest absolute Gasteiger partial charge is 0.221 e. The molecule has 4 rings (SSSR count). The van der Waals surface area contributed by atoms with Gasteiger partial charge in [0.15, 0.2) is 0 Å². The van der Waals surface area contributed by atoms with Gasteiger partial charge in [-0.3, -0.25) is 0 Å². The Bertz CT molecular complexity index is 941. The van der Waals surface area contributed by atoms with E-state index in [1.54, 1.807) is 6.20 Å². The maximum atomic E-state index is 6.11. The first-order valence-electron chi connectivity index (χ1n) is 8.11. The second-order valence-corrected chi connectivity index (χ2v) is 6.60. The average molecular weight is 352 g/mol. The second kappa shape index (κ2) is 6.26. The summed E-state index contributed by atoms with van der Waals surface area (Å²) in [5.74, 6) is 0.644. The topological polar surface area (TPSA) is 81.1 Å². The van der Waals surface area contributed by atoms with Crippen LogP contribution in [0.15, 0.2) is 48.7 Å². The summed E-state index contributed by atoms with van der Waals surface area (Å²) in [7, 11) is 0. The Morgan fingerprint density at radius 3 is 2.72 bits per heavy atom. The van der Waals surface area contributed by atoms with Crippen LogP contribution in [0.5, 0.6) is 0 Å². The van der Waals surface area contributed by atoms with Gasteiger partial charge in [0.05, 0.1) is 0 Å². The Balaban J connectivity index is 1.61. The van der Waals surface area contributed by atoms with E-state index >= 15 is 0 Å². The molecule has 0 atom stereocenters. The van der Waals surface area contributed by atoms with Crippen LogP contribution >= 0.6 is 11.6 Å². The lowest BCUT2D eigenvalue weighted by Crippen LogP contribution is -2.21. The van der Waals surface area contributed by atoms with Crippen LogP contribution in [0.1, 0.15) is 11.1 Å². The predicted molar refractivity (Wildman–Crippen MR) is 102 cm³/mol. The van der Waals surface area contributed by atoms with E-state index in [4.69, 9.17) is 23.1 Å². The van der Waals surface area contributed by atoms with Crippen LogP contribution in [-0.4, -0.2) is 16.5 Å². The van der Waals surface area contributed by atoms with Gasteiger partial charge < -0.3 is 16.4 Å². The first kappa shape index (κ1) is 15.7. The van der Waals surface area contributed by atoms with Gasteiger partial charge in [0.25, 0.3) is 0 Å². The van der Waals surface area contributed by atoms with Crippen molar-refractivity contribution >= 4 is 29.1 Å². The third-order valence-corrected chi connectivity index (χ3v) is 4.74. The Labute approximate surface area is 151 Å². The highest BCUT2D eigenvalue weighted by Crippen LogP contribution is 2.34. The number of anilines is 3. The number of halogens is 1. The Morgan fingerprint density at radius 2 is 1.92 bits per heavy atom. The number of fused-ring (bicyclic) bond motifs is 1. The van der Waals surface area contributed by atoms with Gasteiger partial charge in [-0.05, 0) is 47.4 Å². The first-order chi connectivity index (χ1) is 12.1. The van der Waals surface area contributed by atoms with Crippen molar-refractivity contribution in [2.45, 2.75) is 13.0 Å². The summed E-state index contributed by atoms with van der Waals surface area (Å²) >= 11 is 6.11. The molecule has 1 aliphatic heterocycles. The highest BCUT2D eigenvalue weighted by atomic mass is 35.5. The van der Waals surface area contributed by atoms with Crippen LogP contribution in [0, 0.1) is 0 Å². The molecule has 3 aromatic rings. The zero-order valence-electron chi connectivity index (χ0n) is 13.6. The van der Waals surface area contributed by atoms with E-state index in [9.17, 15) is 0 Å². The number of nitrogen functional groups attached to an aromatic ring is 2. The molecule has 1 aromatic heterocycles. The first-order valence-corrected chi connectivity index (χ1v) is 8.48. The zero-order chi connectivity index (χ0) is 17.4. The molecule has 0 bridgehead atoms. The minimum Gasteiger partial charge on any atom is -0.383 e. The van der Waals surface area contributed by atoms with E-state index in [1.165, 1.54) is 16.8 Å².